The van der Waals surface area contributed by atoms with Crippen molar-refractivity contribution >= 4 is 5.78 Å². The van der Waals surface area contributed by atoms with Crippen LogP contribution in [0.1, 0.15) is 27.7 Å². The first-order chi connectivity index (χ1) is 5.68. The molecule has 0 aromatic carbocycles. The molecule has 0 unspecified atom stereocenters. The van der Waals surface area contributed by atoms with Crippen molar-refractivity contribution in [2.75, 3.05) is 0 Å². The molecular formula is C9H15F3O. The molecule has 0 N–H and O–H groups in total. The van der Waals surface area contributed by atoms with Gasteiger partial charge in [0.15, 0.2) is 0 Å². The average Bonchev–Trinajstić information content (AvgIpc) is 1.82. The molecule has 13 heavy (non-hydrogen) atoms. The SMILES string of the molecule is CC(C)C(=O)[C@@H](C(C)C)C(F)(F)F. The Morgan fingerprint density at radius 1 is 1.08 bits per heavy atom. The zero-order valence-electron chi connectivity index (χ0n) is 8.27. The molecule has 0 aliphatic heterocycles. The summed E-state index contributed by atoms with van der Waals surface area (Å²) in [7, 11) is 0. The number of hydrogen-bond donors (Lipinski definition) is 0. The summed E-state index contributed by atoms with van der Waals surface area (Å²) in [5.74, 6) is -3.78. The standard InChI is InChI=1S/C9H15F3O/c1-5(2)7(9(10,11)12)8(13)6(3)4/h5-7H,1-4H3/t7-/m1/s1. The number of alkyl halides is 3. The lowest BCUT2D eigenvalue weighted by Gasteiger charge is -2.23. The highest BCUT2D eigenvalue weighted by Gasteiger charge is 2.46. The van der Waals surface area contributed by atoms with Crippen LogP contribution in [0.3, 0.4) is 0 Å². The molecule has 1 atom stereocenters. The maximum Gasteiger partial charge on any atom is 0.398 e. The van der Waals surface area contributed by atoms with Crippen LogP contribution in [0.5, 0.6) is 0 Å². The zero-order valence-corrected chi connectivity index (χ0v) is 8.27. The fraction of sp³-hybridized carbons (Fsp3) is 0.889. The molecule has 0 aromatic heterocycles. The Kier molecular flexibility index (Phi) is 3.94. The van der Waals surface area contributed by atoms with Gasteiger partial charge in [-0.05, 0) is 5.92 Å². The van der Waals surface area contributed by atoms with Gasteiger partial charge < -0.3 is 0 Å². The summed E-state index contributed by atoms with van der Waals surface area (Å²) in [6.07, 6.45) is -4.41. The fourth-order valence-corrected chi connectivity index (χ4v) is 1.23. The molecule has 0 aromatic rings. The van der Waals surface area contributed by atoms with Crippen LogP contribution in [0.2, 0.25) is 0 Å². The van der Waals surface area contributed by atoms with E-state index in [2.05, 4.69) is 0 Å². The topological polar surface area (TPSA) is 17.1 Å². The second-order valence-electron chi connectivity index (χ2n) is 3.82. The predicted molar refractivity (Wildman–Crippen MR) is 44.2 cm³/mol. The largest absolute Gasteiger partial charge is 0.398 e. The van der Waals surface area contributed by atoms with Crippen molar-refractivity contribution in [1.82, 2.24) is 0 Å². The number of hydrogen-bond acceptors (Lipinski definition) is 1. The lowest BCUT2D eigenvalue weighted by Crippen LogP contribution is -2.37. The number of halogens is 3. The van der Waals surface area contributed by atoms with Crippen LogP contribution in [0.15, 0.2) is 0 Å². The van der Waals surface area contributed by atoms with Gasteiger partial charge in [-0.25, -0.2) is 0 Å². The van der Waals surface area contributed by atoms with E-state index in [9.17, 15) is 18.0 Å². The van der Waals surface area contributed by atoms with Crippen LogP contribution in [0.4, 0.5) is 13.2 Å². The summed E-state index contributed by atoms with van der Waals surface area (Å²) in [5.41, 5.74) is 0. The van der Waals surface area contributed by atoms with Crippen molar-refractivity contribution in [2.45, 2.75) is 33.9 Å². The third-order valence-corrected chi connectivity index (χ3v) is 1.89. The van der Waals surface area contributed by atoms with E-state index in [1.807, 2.05) is 0 Å². The molecule has 0 aliphatic rings. The molecule has 1 nitrogen and oxygen atoms in total. The average molecular weight is 196 g/mol. The van der Waals surface area contributed by atoms with Crippen molar-refractivity contribution in [3.8, 4) is 0 Å². The van der Waals surface area contributed by atoms with Gasteiger partial charge in [0.05, 0.1) is 0 Å². The molecule has 0 rings (SSSR count). The highest BCUT2D eigenvalue weighted by Crippen LogP contribution is 2.34. The number of Topliss-reactive ketones (excluding diaryl/α,β-unsaturated/α-hetero) is 1. The third kappa shape index (κ3) is 3.36. The lowest BCUT2D eigenvalue weighted by molar-refractivity contribution is -0.191. The Labute approximate surface area is 76.3 Å². The number of ketones is 1. The van der Waals surface area contributed by atoms with Crippen LogP contribution in [-0.2, 0) is 4.79 Å². The Hall–Kier alpha value is -0.540. The minimum absolute atomic E-state index is 0.561. The molecule has 78 valence electrons. The molecule has 0 heterocycles. The number of rotatable bonds is 3. The Morgan fingerprint density at radius 3 is 1.54 bits per heavy atom. The molecule has 0 saturated carbocycles. The van der Waals surface area contributed by atoms with Crippen LogP contribution in [-0.4, -0.2) is 12.0 Å². The van der Waals surface area contributed by atoms with E-state index in [1.54, 1.807) is 0 Å². The van der Waals surface area contributed by atoms with Gasteiger partial charge in [0.1, 0.15) is 11.7 Å². The van der Waals surface area contributed by atoms with E-state index < -0.39 is 29.7 Å². The maximum absolute atomic E-state index is 12.4. The zero-order chi connectivity index (χ0) is 10.8. The van der Waals surface area contributed by atoms with Gasteiger partial charge in [-0.1, -0.05) is 27.7 Å². The van der Waals surface area contributed by atoms with Gasteiger partial charge in [-0.2, -0.15) is 13.2 Å². The molecule has 0 aliphatic carbocycles. The van der Waals surface area contributed by atoms with Crippen molar-refractivity contribution < 1.29 is 18.0 Å². The van der Waals surface area contributed by atoms with E-state index in [4.69, 9.17) is 0 Å². The quantitative estimate of drug-likeness (QED) is 0.678. The Morgan fingerprint density at radius 2 is 1.46 bits per heavy atom. The summed E-state index contributed by atoms with van der Waals surface area (Å²) >= 11 is 0. The Balaban J connectivity index is 4.73. The molecule has 0 radical (unpaired) electrons. The van der Waals surface area contributed by atoms with Crippen molar-refractivity contribution in [3.05, 3.63) is 0 Å². The van der Waals surface area contributed by atoms with E-state index in [-0.39, 0.29) is 0 Å². The summed E-state index contributed by atoms with van der Waals surface area (Å²) in [6.45, 7) is 5.81. The van der Waals surface area contributed by atoms with Crippen molar-refractivity contribution in [3.63, 3.8) is 0 Å². The first-order valence-electron chi connectivity index (χ1n) is 4.28. The van der Waals surface area contributed by atoms with Crippen LogP contribution in [0, 0.1) is 17.8 Å². The minimum atomic E-state index is -4.41. The fourth-order valence-electron chi connectivity index (χ4n) is 1.23. The maximum atomic E-state index is 12.4. The van der Waals surface area contributed by atoms with Gasteiger partial charge in [0.25, 0.3) is 0 Å². The molecular weight excluding hydrogens is 181 g/mol. The smallest absolute Gasteiger partial charge is 0.299 e. The van der Waals surface area contributed by atoms with Crippen molar-refractivity contribution in [2.24, 2.45) is 17.8 Å². The van der Waals surface area contributed by atoms with E-state index in [1.165, 1.54) is 27.7 Å². The second-order valence-corrected chi connectivity index (χ2v) is 3.82. The molecule has 0 bridgehead atoms. The van der Waals surface area contributed by atoms with Crippen LogP contribution in [0.25, 0.3) is 0 Å². The highest BCUT2D eigenvalue weighted by molar-refractivity contribution is 5.83. The van der Waals surface area contributed by atoms with E-state index >= 15 is 0 Å². The van der Waals surface area contributed by atoms with Crippen molar-refractivity contribution in [1.29, 1.82) is 0 Å². The first-order valence-corrected chi connectivity index (χ1v) is 4.28. The molecule has 4 heteroatoms. The first kappa shape index (κ1) is 12.5. The second kappa shape index (κ2) is 4.11. The van der Waals surface area contributed by atoms with Crippen LogP contribution >= 0.6 is 0 Å². The van der Waals surface area contributed by atoms with Gasteiger partial charge in [0, 0.05) is 5.92 Å². The van der Waals surface area contributed by atoms with Crippen LogP contribution < -0.4 is 0 Å². The number of carbonyl (C=O) groups excluding carboxylic acids is 1. The summed E-state index contributed by atoms with van der Waals surface area (Å²) < 4.78 is 37.1. The van der Waals surface area contributed by atoms with Gasteiger partial charge in [0.2, 0.25) is 0 Å². The van der Waals surface area contributed by atoms with Gasteiger partial charge in [-0.3, -0.25) is 4.79 Å². The molecule has 0 fully saturated rings. The highest BCUT2D eigenvalue weighted by atomic mass is 19.4. The summed E-state index contributed by atoms with van der Waals surface area (Å²) in [4.78, 5) is 11.2. The Bertz CT molecular complexity index is 182. The molecule has 0 saturated heterocycles. The monoisotopic (exact) mass is 196 g/mol. The minimum Gasteiger partial charge on any atom is -0.299 e. The predicted octanol–water partition coefficient (Wildman–Crippen LogP) is 3.05. The molecule has 0 spiro atoms. The van der Waals surface area contributed by atoms with Gasteiger partial charge in [-0.15, -0.1) is 0 Å². The number of carbonyl (C=O) groups is 1. The van der Waals surface area contributed by atoms with E-state index in [0.29, 0.717) is 0 Å². The summed E-state index contributed by atoms with van der Waals surface area (Å²) in [6, 6.07) is 0. The summed E-state index contributed by atoms with van der Waals surface area (Å²) in [5, 5.41) is 0. The molecule has 0 amide bonds. The third-order valence-electron chi connectivity index (χ3n) is 1.89. The van der Waals surface area contributed by atoms with E-state index in [0.717, 1.165) is 0 Å². The van der Waals surface area contributed by atoms with Gasteiger partial charge >= 0.3 is 6.18 Å². The lowest BCUT2D eigenvalue weighted by atomic mass is 9.86. The normalized spacial score (nSPS) is 15.2.